The minimum Gasteiger partial charge on any atom is -0.481 e. The number of nitrogens with zero attached hydrogens (tertiary/aromatic N) is 4. The predicted octanol–water partition coefficient (Wildman–Crippen LogP) is 1.50. The standard InChI is InChI=1S/C13H14N4O4/c1-20-10-5-9(14-6-15-10)11-16-12(21-17-11)7-2-3-8(4-7)13(18)19/h5-8H,2-4H2,1H3,(H,18,19). The second-order valence-corrected chi connectivity index (χ2v) is 4.95. The van der Waals surface area contributed by atoms with Crippen LogP contribution in [0.1, 0.15) is 31.1 Å². The topological polar surface area (TPSA) is 111 Å². The zero-order chi connectivity index (χ0) is 14.8. The molecule has 0 bridgehead atoms. The fraction of sp³-hybridized carbons (Fsp3) is 0.462. The first-order valence-electron chi connectivity index (χ1n) is 6.60. The average Bonchev–Trinajstić information content (AvgIpc) is 3.16. The van der Waals surface area contributed by atoms with Gasteiger partial charge in [-0.2, -0.15) is 4.98 Å². The second-order valence-electron chi connectivity index (χ2n) is 4.95. The number of rotatable bonds is 4. The van der Waals surface area contributed by atoms with Crippen LogP contribution in [0.5, 0.6) is 5.88 Å². The molecule has 0 amide bonds. The molecule has 2 aromatic rings. The first kappa shape index (κ1) is 13.5. The number of carboxylic acid groups (broad SMARTS) is 1. The Morgan fingerprint density at radius 3 is 3.00 bits per heavy atom. The molecule has 1 aliphatic carbocycles. The molecule has 1 N–H and O–H groups in total. The van der Waals surface area contributed by atoms with E-state index in [-0.39, 0.29) is 11.8 Å². The van der Waals surface area contributed by atoms with E-state index in [1.165, 1.54) is 13.4 Å². The van der Waals surface area contributed by atoms with Gasteiger partial charge in [-0.15, -0.1) is 0 Å². The van der Waals surface area contributed by atoms with E-state index >= 15 is 0 Å². The smallest absolute Gasteiger partial charge is 0.306 e. The quantitative estimate of drug-likeness (QED) is 0.901. The van der Waals surface area contributed by atoms with Gasteiger partial charge in [0.05, 0.1) is 13.0 Å². The van der Waals surface area contributed by atoms with E-state index in [2.05, 4.69) is 20.1 Å². The van der Waals surface area contributed by atoms with Crippen molar-refractivity contribution >= 4 is 5.97 Å². The summed E-state index contributed by atoms with van der Waals surface area (Å²) in [5.41, 5.74) is 0.504. The number of methoxy groups -OCH3 is 1. The van der Waals surface area contributed by atoms with Crippen molar-refractivity contribution in [1.29, 1.82) is 0 Å². The van der Waals surface area contributed by atoms with Gasteiger partial charge >= 0.3 is 5.97 Å². The lowest BCUT2D eigenvalue weighted by Crippen LogP contribution is -2.09. The highest BCUT2D eigenvalue weighted by molar-refractivity contribution is 5.70. The summed E-state index contributed by atoms with van der Waals surface area (Å²) in [6.07, 6.45) is 3.27. The zero-order valence-electron chi connectivity index (χ0n) is 11.4. The van der Waals surface area contributed by atoms with Gasteiger partial charge in [-0.1, -0.05) is 5.16 Å². The third-order valence-corrected chi connectivity index (χ3v) is 3.65. The van der Waals surface area contributed by atoms with Crippen LogP contribution in [0.25, 0.3) is 11.5 Å². The Bertz CT molecular complexity index is 657. The van der Waals surface area contributed by atoms with Crippen LogP contribution in [-0.4, -0.2) is 38.3 Å². The Morgan fingerprint density at radius 2 is 2.29 bits per heavy atom. The summed E-state index contributed by atoms with van der Waals surface area (Å²) in [5, 5.41) is 12.9. The van der Waals surface area contributed by atoms with Crippen LogP contribution in [0.4, 0.5) is 0 Å². The Labute approximate surface area is 120 Å². The van der Waals surface area contributed by atoms with Crippen molar-refractivity contribution in [3.8, 4) is 17.4 Å². The number of carbonyl (C=O) groups is 1. The van der Waals surface area contributed by atoms with E-state index in [4.69, 9.17) is 14.4 Å². The predicted molar refractivity (Wildman–Crippen MR) is 69.6 cm³/mol. The number of hydrogen-bond acceptors (Lipinski definition) is 7. The van der Waals surface area contributed by atoms with Crippen LogP contribution in [0, 0.1) is 5.92 Å². The maximum atomic E-state index is 11.0. The van der Waals surface area contributed by atoms with Crippen LogP contribution in [0.3, 0.4) is 0 Å². The molecule has 2 unspecified atom stereocenters. The lowest BCUT2D eigenvalue weighted by molar-refractivity contribution is -0.141. The summed E-state index contributed by atoms with van der Waals surface area (Å²) in [4.78, 5) is 23.3. The number of ether oxygens (including phenoxy) is 1. The highest BCUT2D eigenvalue weighted by Gasteiger charge is 2.33. The molecular formula is C13H14N4O4. The molecule has 21 heavy (non-hydrogen) atoms. The van der Waals surface area contributed by atoms with Crippen molar-refractivity contribution in [2.45, 2.75) is 25.2 Å². The van der Waals surface area contributed by atoms with Gasteiger partial charge in [-0.05, 0) is 19.3 Å². The maximum Gasteiger partial charge on any atom is 0.306 e. The molecule has 0 spiro atoms. The highest BCUT2D eigenvalue weighted by atomic mass is 16.5. The average molecular weight is 290 g/mol. The molecule has 1 aliphatic rings. The van der Waals surface area contributed by atoms with Crippen LogP contribution >= 0.6 is 0 Å². The van der Waals surface area contributed by atoms with E-state index in [1.54, 1.807) is 6.07 Å². The van der Waals surface area contributed by atoms with Gasteiger partial charge in [0, 0.05) is 12.0 Å². The molecule has 0 aliphatic heterocycles. The van der Waals surface area contributed by atoms with E-state index in [0.717, 1.165) is 6.42 Å². The monoisotopic (exact) mass is 290 g/mol. The molecular weight excluding hydrogens is 276 g/mol. The van der Waals surface area contributed by atoms with Crippen molar-refractivity contribution in [1.82, 2.24) is 20.1 Å². The van der Waals surface area contributed by atoms with Gasteiger partial charge < -0.3 is 14.4 Å². The minimum atomic E-state index is -0.766. The van der Waals surface area contributed by atoms with Crippen LogP contribution in [-0.2, 0) is 4.79 Å². The molecule has 1 saturated carbocycles. The molecule has 2 atom stereocenters. The first-order chi connectivity index (χ1) is 10.2. The van der Waals surface area contributed by atoms with Crippen molar-refractivity contribution in [2.24, 2.45) is 5.92 Å². The normalized spacial score (nSPS) is 21.4. The first-order valence-corrected chi connectivity index (χ1v) is 6.60. The highest BCUT2D eigenvalue weighted by Crippen LogP contribution is 2.38. The van der Waals surface area contributed by atoms with Gasteiger partial charge in [0.2, 0.25) is 17.6 Å². The summed E-state index contributed by atoms with van der Waals surface area (Å²) < 4.78 is 10.3. The van der Waals surface area contributed by atoms with E-state index in [9.17, 15) is 4.79 Å². The summed E-state index contributed by atoms with van der Waals surface area (Å²) in [6, 6.07) is 1.61. The maximum absolute atomic E-state index is 11.0. The van der Waals surface area contributed by atoms with Gasteiger partial charge in [0.25, 0.3) is 0 Å². The molecule has 110 valence electrons. The van der Waals surface area contributed by atoms with Gasteiger partial charge in [-0.3, -0.25) is 4.79 Å². The Balaban J connectivity index is 1.79. The Hall–Kier alpha value is -2.51. The molecule has 0 radical (unpaired) electrons. The lowest BCUT2D eigenvalue weighted by atomic mass is 10.1. The van der Waals surface area contributed by atoms with Crippen molar-refractivity contribution in [3.63, 3.8) is 0 Å². The summed E-state index contributed by atoms with van der Waals surface area (Å²) in [7, 11) is 1.51. The fourth-order valence-corrected chi connectivity index (χ4v) is 2.51. The van der Waals surface area contributed by atoms with Gasteiger partial charge in [0.1, 0.15) is 12.0 Å². The van der Waals surface area contributed by atoms with E-state index < -0.39 is 5.97 Å². The lowest BCUT2D eigenvalue weighted by Gasteiger charge is -2.02. The number of aliphatic carboxylic acids is 1. The molecule has 8 nitrogen and oxygen atoms in total. The zero-order valence-corrected chi connectivity index (χ0v) is 11.4. The third kappa shape index (κ3) is 2.69. The Morgan fingerprint density at radius 1 is 1.43 bits per heavy atom. The van der Waals surface area contributed by atoms with Gasteiger partial charge in [-0.25, -0.2) is 9.97 Å². The Kier molecular flexibility index (Phi) is 3.51. The van der Waals surface area contributed by atoms with Crippen LogP contribution < -0.4 is 4.74 Å². The molecule has 2 heterocycles. The fourth-order valence-electron chi connectivity index (χ4n) is 2.51. The third-order valence-electron chi connectivity index (χ3n) is 3.65. The summed E-state index contributed by atoms with van der Waals surface area (Å²) in [5.74, 6) is 0.132. The molecule has 0 aromatic carbocycles. The van der Waals surface area contributed by atoms with Crippen molar-refractivity contribution in [2.75, 3.05) is 7.11 Å². The molecule has 3 rings (SSSR count). The number of hydrogen-bond donors (Lipinski definition) is 1. The van der Waals surface area contributed by atoms with E-state index in [1.807, 2.05) is 0 Å². The molecule has 2 aromatic heterocycles. The number of carboxylic acids is 1. The molecule has 8 heteroatoms. The summed E-state index contributed by atoms with van der Waals surface area (Å²) in [6.45, 7) is 0. The van der Waals surface area contributed by atoms with Gasteiger partial charge in [0.15, 0.2) is 0 Å². The minimum absolute atomic E-state index is 0.00363. The van der Waals surface area contributed by atoms with Crippen LogP contribution in [0.15, 0.2) is 16.9 Å². The number of aromatic nitrogens is 4. The van der Waals surface area contributed by atoms with Crippen molar-refractivity contribution in [3.05, 3.63) is 18.3 Å². The SMILES string of the molecule is COc1cc(-c2noc(C3CCC(C(=O)O)C3)n2)ncn1. The van der Waals surface area contributed by atoms with Crippen LogP contribution in [0.2, 0.25) is 0 Å². The molecule has 0 saturated heterocycles. The second kappa shape index (κ2) is 5.47. The van der Waals surface area contributed by atoms with Crippen molar-refractivity contribution < 1.29 is 19.2 Å². The molecule has 1 fully saturated rings. The largest absolute Gasteiger partial charge is 0.481 e. The van der Waals surface area contributed by atoms with E-state index in [0.29, 0.717) is 36.1 Å². The summed E-state index contributed by atoms with van der Waals surface area (Å²) >= 11 is 0.